The van der Waals surface area contributed by atoms with E-state index in [9.17, 15) is 36.3 Å². The van der Waals surface area contributed by atoms with Gasteiger partial charge in [0.25, 0.3) is 5.91 Å². The van der Waals surface area contributed by atoms with Crippen molar-refractivity contribution in [1.82, 2.24) is 14.6 Å². The van der Waals surface area contributed by atoms with E-state index in [4.69, 9.17) is 0 Å². The number of aromatic nitrogens is 1. The van der Waals surface area contributed by atoms with Crippen molar-refractivity contribution in [3.05, 3.63) is 46.8 Å². The number of halogens is 3. The van der Waals surface area contributed by atoms with E-state index in [1.807, 2.05) is 0 Å². The molecule has 0 saturated heterocycles. The smallest absolute Gasteiger partial charge is 0.417 e. The van der Waals surface area contributed by atoms with Gasteiger partial charge in [0.15, 0.2) is 0 Å². The summed E-state index contributed by atoms with van der Waals surface area (Å²) >= 11 is 0. The van der Waals surface area contributed by atoms with E-state index < -0.39 is 44.1 Å². The molecule has 0 unspecified atom stereocenters. The van der Waals surface area contributed by atoms with Crippen LogP contribution in [0, 0.1) is 18.8 Å². The van der Waals surface area contributed by atoms with Gasteiger partial charge in [-0.15, -0.1) is 0 Å². The minimum absolute atomic E-state index is 0.122. The van der Waals surface area contributed by atoms with Gasteiger partial charge in [0.1, 0.15) is 0 Å². The number of carboxylic acids is 1. The summed E-state index contributed by atoms with van der Waals surface area (Å²) in [4.78, 5) is 23.9. The lowest BCUT2D eigenvalue weighted by Crippen LogP contribution is -2.41. The second kappa shape index (κ2) is 12.6. The number of carbonyl (C=O) groups excluding carboxylic acids is 1. The molecule has 0 bridgehead atoms. The minimum Gasteiger partial charge on any atom is -0.481 e. The first-order valence-corrected chi connectivity index (χ1v) is 16.4. The van der Waals surface area contributed by atoms with Crippen LogP contribution in [0.5, 0.6) is 0 Å². The van der Waals surface area contributed by atoms with Gasteiger partial charge in [-0.2, -0.15) is 13.2 Å². The fourth-order valence-corrected chi connectivity index (χ4v) is 7.97. The Bertz CT molecular complexity index is 1450. The Kier molecular flexibility index (Phi) is 9.71. The van der Waals surface area contributed by atoms with Crippen LogP contribution in [0.25, 0.3) is 5.69 Å². The third kappa shape index (κ3) is 8.00. The fraction of sp³-hybridized carbons (Fsp3) is 0.613. The molecule has 2 saturated carbocycles. The van der Waals surface area contributed by atoms with Gasteiger partial charge in [0, 0.05) is 29.2 Å². The summed E-state index contributed by atoms with van der Waals surface area (Å²) in [5.74, 6) is -1.30. The molecule has 1 heterocycles. The predicted molar refractivity (Wildman–Crippen MR) is 157 cm³/mol. The maximum atomic E-state index is 14.3. The summed E-state index contributed by atoms with van der Waals surface area (Å²) in [6.07, 6.45) is 4.43. The van der Waals surface area contributed by atoms with Crippen LogP contribution < -0.4 is 10.0 Å². The average molecular weight is 626 g/mol. The lowest BCUT2D eigenvalue weighted by atomic mass is 9.85. The fourth-order valence-electron chi connectivity index (χ4n) is 6.35. The number of aliphatic carboxylic acids is 1. The van der Waals surface area contributed by atoms with Gasteiger partial charge >= 0.3 is 12.1 Å². The maximum absolute atomic E-state index is 14.3. The Morgan fingerprint density at radius 1 is 1.00 bits per heavy atom. The molecule has 0 radical (unpaired) electrons. The Labute approximate surface area is 251 Å². The van der Waals surface area contributed by atoms with Gasteiger partial charge in [-0.25, -0.2) is 13.1 Å². The molecular formula is C31H42F3N3O5S. The van der Waals surface area contributed by atoms with E-state index in [2.05, 4.69) is 10.0 Å². The highest BCUT2D eigenvalue weighted by Crippen LogP contribution is 2.38. The minimum atomic E-state index is -4.95. The van der Waals surface area contributed by atoms with E-state index in [1.54, 1.807) is 38.5 Å². The molecule has 43 heavy (non-hydrogen) atoms. The molecule has 2 aliphatic rings. The van der Waals surface area contributed by atoms with E-state index in [-0.39, 0.29) is 17.6 Å². The topological polar surface area (TPSA) is 118 Å². The number of rotatable bonds is 8. The van der Waals surface area contributed by atoms with E-state index in [1.165, 1.54) is 6.07 Å². The van der Waals surface area contributed by atoms with Crippen LogP contribution in [0.3, 0.4) is 0 Å². The summed E-state index contributed by atoms with van der Waals surface area (Å²) in [5, 5.41) is 12.3. The van der Waals surface area contributed by atoms with Gasteiger partial charge < -0.3 is 15.0 Å². The third-order valence-corrected chi connectivity index (χ3v) is 10.3. The average Bonchev–Trinajstić information content (AvgIpc) is 3.23. The molecule has 1 aromatic heterocycles. The van der Waals surface area contributed by atoms with Crippen LogP contribution in [-0.4, -0.2) is 41.5 Å². The lowest BCUT2D eigenvalue weighted by molar-refractivity contribution is -0.143. The number of nitrogens with one attached hydrogen (secondary N) is 2. The van der Waals surface area contributed by atoms with E-state index in [0.29, 0.717) is 49.1 Å². The van der Waals surface area contributed by atoms with Crippen molar-refractivity contribution < 1.29 is 36.3 Å². The summed E-state index contributed by atoms with van der Waals surface area (Å²) in [6, 6.07) is 2.98. The van der Waals surface area contributed by atoms with Crippen LogP contribution in [-0.2, 0) is 27.4 Å². The number of nitrogens with zero attached hydrogens (tertiary/aromatic N) is 1. The largest absolute Gasteiger partial charge is 0.481 e. The molecule has 1 amide bonds. The second-order valence-corrected chi connectivity index (χ2v) is 14.7. The molecule has 0 spiro atoms. The van der Waals surface area contributed by atoms with Crippen LogP contribution >= 0.6 is 0 Å². The summed E-state index contributed by atoms with van der Waals surface area (Å²) < 4.78 is 72.9. The molecule has 2 aliphatic carbocycles. The first kappa shape index (κ1) is 33.0. The van der Waals surface area contributed by atoms with Crippen molar-refractivity contribution >= 4 is 21.9 Å². The van der Waals surface area contributed by atoms with Gasteiger partial charge in [-0.3, -0.25) is 9.59 Å². The quantitative estimate of drug-likeness (QED) is 0.315. The molecule has 8 nitrogen and oxygen atoms in total. The van der Waals surface area contributed by atoms with Gasteiger partial charge in [0.05, 0.1) is 21.9 Å². The highest BCUT2D eigenvalue weighted by molar-refractivity contribution is 7.89. The molecule has 238 valence electrons. The number of amides is 1. The number of alkyl halides is 3. The number of hydrogen-bond acceptors (Lipinski definition) is 4. The SMILES string of the molecule is Cc1c(C(=O)NC2CCC(C(=O)O)CC2)cn(-c2ccc(S(=O)(=O)NC(C)(C)C)c(C(F)(F)F)c2)c1CC1CCCCC1. The molecule has 12 heteroatoms. The maximum Gasteiger partial charge on any atom is 0.417 e. The number of hydrogen-bond donors (Lipinski definition) is 3. The second-order valence-electron chi connectivity index (χ2n) is 13.1. The highest BCUT2D eigenvalue weighted by Gasteiger charge is 2.39. The molecule has 3 N–H and O–H groups in total. The molecule has 0 atom stereocenters. The standard InChI is InChI=1S/C31H42F3N3O5S/c1-19-24(28(38)35-22-12-10-21(11-13-22)29(39)40)18-37(26(19)16-20-8-6-5-7-9-20)23-14-15-27(25(17-23)31(32,33)34)43(41,42)36-30(2,3)4/h14-15,17-18,20-22,36H,5-13,16H2,1-4H3,(H,35,38)(H,39,40). The number of sulfonamides is 1. The monoisotopic (exact) mass is 625 g/mol. The van der Waals surface area contributed by atoms with Crippen molar-refractivity contribution in [3.63, 3.8) is 0 Å². The van der Waals surface area contributed by atoms with Crippen molar-refractivity contribution in [2.75, 3.05) is 0 Å². The summed E-state index contributed by atoms with van der Waals surface area (Å²) in [6.45, 7) is 6.45. The molecule has 0 aliphatic heterocycles. The van der Waals surface area contributed by atoms with Gasteiger partial charge in [-0.1, -0.05) is 32.1 Å². The van der Waals surface area contributed by atoms with Crippen LogP contribution in [0.2, 0.25) is 0 Å². The van der Waals surface area contributed by atoms with Crippen molar-refractivity contribution in [2.45, 2.75) is 115 Å². The number of carbonyl (C=O) groups is 2. The molecular weight excluding hydrogens is 583 g/mol. The zero-order valence-electron chi connectivity index (χ0n) is 25.2. The first-order chi connectivity index (χ1) is 20.0. The van der Waals surface area contributed by atoms with Crippen LogP contribution in [0.15, 0.2) is 29.3 Å². The third-order valence-electron chi connectivity index (χ3n) is 8.53. The predicted octanol–water partition coefficient (Wildman–Crippen LogP) is 6.38. The Morgan fingerprint density at radius 3 is 2.19 bits per heavy atom. The molecule has 2 aromatic rings. The van der Waals surface area contributed by atoms with Gasteiger partial charge in [0.2, 0.25) is 10.0 Å². The van der Waals surface area contributed by atoms with E-state index >= 15 is 0 Å². The Balaban J connectivity index is 1.74. The molecule has 1 aromatic carbocycles. The highest BCUT2D eigenvalue weighted by atomic mass is 32.2. The normalized spacial score (nSPS) is 20.6. The van der Waals surface area contributed by atoms with E-state index in [0.717, 1.165) is 49.9 Å². The van der Waals surface area contributed by atoms with Crippen molar-refractivity contribution in [1.29, 1.82) is 0 Å². The van der Waals surface area contributed by atoms with Crippen LogP contribution in [0.1, 0.15) is 106 Å². The first-order valence-electron chi connectivity index (χ1n) is 15.0. The molecule has 4 rings (SSSR count). The van der Waals surface area contributed by atoms with Crippen molar-refractivity contribution in [3.8, 4) is 5.69 Å². The van der Waals surface area contributed by atoms with Crippen LogP contribution in [0.4, 0.5) is 13.2 Å². The Hall–Kier alpha value is -2.86. The van der Waals surface area contributed by atoms with Gasteiger partial charge in [-0.05, 0) is 89.5 Å². The molecule has 2 fully saturated rings. The zero-order valence-corrected chi connectivity index (χ0v) is 26.0. The zero-order chi connectivity index (χ0) is 31.7. The summed E-state index contributed by atoms with van der Waals surface area (Å²) in [7, 11) is -4.49. The lowest BCUT2D eigenvalue weighted by Gasteiger charge is -2.26. The Morgan fingerprint density at radius 2 is 1.63 bits per heavy atom. The van der Waals surface area contributed by atoms with Crippen molar-refractivity contribution in [2.24, 2.45) is 11.8 Å². The number of carboxylic acid groups (broad SMARTS) is 1. The number of benzene rings is 1. The summed E-state index contributed by atoms with van der Waals surface area (Å²) in [5.41, 5.74) is -0.411.